The normalized spacial score (nSPS) is 18.0. The van der Waals surface area contributed by atoms with Crippen LogP contribution in [0.1, 0.15) is 0 Å². The lowest BCUT2D eigenvalue weighted by molar-refractivity contribution is 0.275. The van der Waals surface area contributed by atoms with E-state index < -0.39 is 0 Å². The van der Waals surface area contributed by atoms with Crippen LogP contribution in [-0.4, -0.2) is 6.10 Å². The summed E-state index contributed by atoms with van der Waals surface area (Å²) < 4.78 is 5.78. The Hall–Kier alpha value is -2.45. The maximum absolute atomic E-state index is 6.19. The molecule has 0 bridgehead atoms. The van der Waals surface area contributed by atoms with Gasteiger partial charge >= 0.3 is 0 Å². The van der Waals surface area contributed by atoms with E-state index in [4.69, 9.17) is 16.3 Å². The summed E-state index contributed by atoms with van der Waals surface area (Å²) in [6.07, 6.45) is 10.1. The molecule has 0 saturated carbocycles. The van der Waals surface area contributed by atoms with E-state index in [1.807, 2.05) is 42.7 Å². The molecule has 0 fully saturated rings. The molecule has 0 saturated heterocycles. The van der Waals surface area contributed by atoms with Crippen molar-refractivity contribution in [1.82, 2.24) is 0 Å². The van der Waals surface area contributed by atoms with Crippen LogP contribution in [0.15, 0.2) is 66.8 Å². The molecule has 1 unspecified atom stereocenters. The Labute approximate surface area is 133 Å². The lowest BCUT2D eigenvalue weighted by Crippen LogP contribution is -2.35. The number of anilines is 2. The highest BCUT2D eigenvalue weighted by molar-refractivity contribution is 6.33. The number of rotatable bonds is 2. The van der Waals surface area contributed by atoms with Crippen LogP contribution < -0.4 is 15.8 Å². The average molecular weight is 308 g/mol. The van der Waals surface area contributed by atoms with E-state index in [1.165, 1.54) is 10.8 Å². The van der Waals surface area contributed by atoms with Crippen LogP contribution in [0.25, 0.3) is 11.8 Å². The third-order valence-electron chi connectivity index (χ3n) is 3.84. The molecular weight excluding hydrogens is 294 g/mol. The van der Waals surface area contributed by atoms with Crippen LogP contribution in [0, 0.1) is 0 Å². The molecular formula is C19H14ClNO. The van der Waals surface area contributed by atoms with Crippen molar-refractivity contribution in [1.29, 1.82) is 0 Å². The van der Waals surface area contributed by atoms with Crippen LogP contribution in [0.2, 0.25) is 5.02 Å². The first kappa shape index (κ1) is 13.2. The molecule has 1 aliphatic heterocycles. The number of para-hydroxylation sites is 1. The van der Waals surface area contributed by atoms with E-state index in [9.17, 15) is 0 Å². The molecule has 108 valence electrons. The number of nitrogens with one attached hydrogen (secondary N) is 1. The first-order valence-electron chi connectivity index (χ1n) is 7.18. The Morgan fingerprint density at radius 3 is 2.86 bits per heavy atom. The maximum Gasteiger partial charge on any atom is 0.142 e. The van der Waals surface area contributed by atoms with Gasteiger partial charge in [0.1, 0.15) is 6.10 Å². The fourth-order valence-electron chi connectivity index (χ4n) is 2.75. The predicted molar refractivity (Wildman–Crippen MR) is 91.5 cm³/mol. The molecule has 0 amide bonds. The summed E-state index contributed by atoms with van der Waals surface area (Å²) in [6.45, 7) is 0. The highest BCUT2D eigenvalue weighted by Gasteiger charge is 2.16. The summed E-state index contributed by atoms with van der Waals surface area (Å²) in [5, 5.41) is 6.33. The molecule has 22 heavy (non-hydrogen) atoms. The van der Waals surface area contributed by atoms with Gasteiger partial charge in [-0.15, -0.1) is 0 Å². The van der Waals surface area contributed by atoms with Gasteiger partial charge in [-0.2, -0.15) is 0 Å². The molecule has 2 aromatic rings. The zero-order chi connectivity index (χ0) is 14.9. The SMILES string of the molecule is Clc1ccccc1Nc1ccc2c(c1)=COC1C=CC=CC=21. The standard InChI is InChI=1S/C19H14ClNO/c20-17-6-2-3-7-18(17)21-14-9-10-15-13(11-14)12-22-19-8-4-1-5-16(15)19/h1-12,19,21H. The highest BCUT2D eigenvalue weighted by Crippen LogP contribution is 2.24. The first-order chi connectivity index (χ1) is 10.8. The topological polar surface area (TPSA) is 21.3 Å². The molecule has 2 nitrogen and oxygen atoms in total. The van der Waals surface area contributed by atoms with Gasteiger partial charge in [0.25, 0.3) is 0 Å². The van der Waals surface area contributed by atoms with Crippen LogP contribution in [0.3, 0.4) is 0 Å². The van der Waals surface area contributed by atoms with Crippen molar-refractivity contribution in [3.63, 3.8) is 0 Å². The van der Waals surface area contributed by atoms with Crippen molar-refractivity contribution in [3.8, 4) is 0 Å². The maximum atomic E-state index is 6.19. The zero-order valence-electron chi connectivity index (χ0n) is 11.8. The van der Waals surface area contributed by atoms with Crippen molar-refractivity contribution >= 4 is 34.8 Å². The van der Waals surface area contributed by atoms with Crippen molar-refractivity contribution in [2.75, 3.05) is 5.32 Å². The lowest BCUT2D eigenvalue weighted by atomic mass is 9.99. The van der Waals surface area contributed by atoms with Gasteiger partial charge in [-0.25, -0.2) is 0 Å². The third-order valence-corrected chi connectivity index (χ3v) is 4.17. The Bertz CT molecular complexity index is 911. The van der Waals surface area contributed by atoms with E-state index in [0.29, 0.717) is 5.02 Å². The Morgan fingerprint density at radius 2 is 1.95 bits per heavy atom. The summed E-state index contributed by atoms with van der Waals surface area (Å²) in [6, 6.07) is 14.0. The molecule has 3 heteroatoms. The van der Waals surface area contributed by atoms with Gasteiger partial charge < -0.3 is 10.1 Å². The van der Waals surface area contributed by atoms with Gasteiger partial charge in [0.05, 0.1) is 17.0 Å². The second kappa shape index (κ2) is 5.39. The summed E-state index contributed by atoms with van der Waals surface area (Å²) in [5.41, 5.74) is 3.08. The summed E-state index contributed by atoms with van der Waals surface area (Å²) in [5.74, 6) is 0. The number of fused-ring (bicyclic) bond motifs is 2. The smallest absolute Gasteiger partial charge is 0.142 e. The summed E-state index contributed by atoms with van der Waals surface area (Å²) in [4.78, 5) is 0. The zero-order valence-corrected chi connectivity index (χ0v) is 12.5. The Morgan fingerprint density at radius 1 is 1.05 bits per heavy atom. The summed E-state index contributed by atoms with van der Waals surface area (Å²) in [7, 11) is 0. The van der Waals surface area contributed by atoms with Crippen LogP contribution in [0.4, 0.5) is 11.4 Å². The molecule has 2 aromatic carbocycles. The number of allylic oxidation sites excluding steroid dienone is 2. The van der Waals surface area contributed by atoms with Crippen molar-refractivity contribution in [3.05, 3.63) is 82.2 Å². The Kier molecular flexibility index (Phi) is 3.24. The number of hydrogen-bond donors (Lipinski definition) is 1. The van der Waals surface area contributed by atoms with Gasteiger partial charge in [0.15, 0.2) is 0 Å². The number of hydrogen-bond acceptors (Lipinski definition) is 2. The quantitative estimate of drug-likeness (QED) is 0.917. The molecule has 1 atom stereocenters. The first-order valence-corrected chi connectivity index (χ1v) is 7.55. The van der Waals surface area contributed by atoms with Gasteiger partial charge in [-0.3, -0.25) is 0 Å². The van der Waals surface area contributed by atoms with E-state index in [0.717, 1.165) is 16.6 Å². The fraction of sp³-hybridized carbons (Fsp3) is 0.0526. The van der Waals surface area contributed by atoms with Crippen LogP contribution in [0.5, 0.6) is 0 Å². The molecule has 4 rings (SSSR count). The van der Waals surface area contributed by atoms with Crippen molar-refractivity contribution in [2.24, 2.45) is 0 Å². The number of benzene rings is 2. The minimum atomic E-state index is 0.0277. The van der Waals surface area contributed by atoms with Crippen LogP contribution in [-0.2, 0) is 4.74 Å². The molecule has 2 aliphatic rings. The molecule has 1 heterocycles. The lowest BCUT2D eigenvalue weighted by Gasteiger charge is -2.20. The monoisotopic (exact) mass is 307 g/mol. The van der Waals surface area contributed by atoms with E-state index in [2.05, 4.69) is 35.7 Å². The largest absolute Gasteiger partial charge is 0.489 e. The minimum Gasteiger partial charge on any atom is -0.489 e. The van der Waals surface area contributed by atoms with Crippen molar-refractivity contribution in [2.45, 2.75) is 6.10 Å². The van der Waals surface area contributed by atoms with E-state index >= 15 is 0 Å². The number of ether oxygens (including phenoxy) is 1. The predicted octanol–water partition coefficient (Wildman–Crippen LogP) is 3.50. The third kappa shape index (κ3) is 2.32. The average Bonchev–Trinajstić information content (AvgIpc) is 2.57. The summed E-state index contributed by atoms with van der Waals surface area (Å²) >= 11 is 6.19. The van der Waals surface area contributed by atoms with Crippen LogP contribution >= 0.6 is 11.6 Å². The molecule has 0 aromatic heterocycles. The van der Waals surface area contributed by atoms with Gasteiger partial charge in [-0.05, 0) is 35.6 Å². The molecule has 0 radical (unpaired) electrons. The van der Waals surface area contributed by atoms with Crippen molar-refractivity contribution < 1.29 is 4.74 Å². The second-order valence-corrected chi connectivity index (χ2v) is 5.69. The van der Waals surface area contributed by atoms with E-state index in [-0.39, 0.29) is 6.10 Å². The Balaban J connectivity index is 1.76. The minimum absolute atomic E-state index is 0.0277. The molecule has 0 spiro atoms. The highest BCUT2D eigenvalue weighted by atomic mass is 35.5. The van der Waals surface area contributed by atoms with Gasteiger partial charge in [-0.1, -0.05) is 48.0 Å². The number of halogens is 1. The van der Waals surface area contributed by atoms with E-state index in [1.54, 1.807) is 0 Å². The van der Waals surface area contributed by atoms with Gasteiger partial charge in [0, 0.05) is 16.5 Å². The van der Waals surface area contributed by atoms with Gasteiger partial charge in [0.2, 0.25) is 0 Å². The second-order valence-electron chi connectivity index (χ2n) is 5.28. The fourth-order valence-corrected chi connectivity index (χ4v) is 2.93. The molecule has 1 aliphatic carbocycles. The molecule has 1 N–H and O–H groups in total.